The van der Waals surface area contributed by atoms with Crippen molar-refractivity contribution in [1.29, 1.82) is 0 Å². The third-order valence-corrected chi connectivity index (χ3v) is 5.11. The van der Waals surface area contributed by atoms with Crippen LogP contribution in [-0.4, -0.2) is 34.7 Å². The van der Waals surface area contributed by atoms with E-state index in [2.05, 4.69) is 15.4 Å². The minimum atomic E-state index is -0.348. The van der Waals surface area contributed by atoms with E-state index in [9.17, 15) is 4.79 Å². The molecule has 0 bridgehead atoms. The highest BCUT2D eigenvalue weighted by Gasteiger charge is 2.16. The summed E-state index contributed by atoms with van der Waals surface area (Å²) in [6.45, 7) is 1.90. The molecule has 8 heteroatoms. The number of fused-ring (bicyclic) bond motifs is 1. The van der Waals surface area contributed by atoms with Crippen LogP contribution in [-0.2, 0) is 0 Å². The second-order valence-corrected chi connectivity index (χ2v) is 7.02. The minimum Gasteiger partial charge on any atom is -0.493 e. The number of halogens is 1. The fourth-order valence-electron chi connectivity index (χ4n) is 3.09. The number of nitrogens with zero attached hydrogens (tertiary/aromatic N) is 3. The van der Waals surface area contributed by atoms with Gasteiger partial charge in [-0.15, -0.1) is 0 Å². The third-order valence-electron chi connectivity index (χ3n) is 4.70. The van der Waals surface area contributed by atoms with Gasteiger partial charge in [0.25, 0.3) is 5.91 Å². The predicted octanol–water partition coefficient (Wildman–Crippen LogP) is 4.63. The maximum absolute atomic E-state index is 12.7. The first-order chi connectivity index (χ1) is 14.5. The van der Waals surface area contributed by atoms with Gasteiger partial charge >= 0.3 is 0 Å². The molecule has 1 amide bonds. The largest absolute Gasteiger partial charge is 0.493 e. The molecule has 4 aromatic rings. The average Bonchev–Trinajstić information content (AvgIpc) is 3.20. The van der Waals surface area contributed by atoms with E-state index in [1.807, 2.05) is 37.3 Å². The van der Waals surface area contributed by atoms with Gasteiger partial charge in [0.2, 0.25) is 0 Å². The number of anilines is 1. The normalized spacial score (nSPS) is 10.8. The van der Waals surface area contributed by atoms with Crippen LogP contribution in [0.2, 0.25) is 5.02 Å². The highest BCUT2D eigenvalue weighted by molar-refractivity contribution is 6.31. The van der Waals surface area contributed by atoms with Crippen molar-refractivity contribution >= 4 is 28.8 Å². The molecule has 0 saturated carbocycles. The van der Waals surface area contributed by atoms with E-state index in [4.69, 9.17) is 21.1 Å². The monoisotopic (exact) mass is 422 g/mol. The number of benzene rings is 2. The van der Waals surface area contributed by atoms with E-state index in [1.165, 1.54) is 0 Å². The molecule has 0 saturated heterocycles. The van der Waals surface area contributed by atoms with Crippen LogP contribution in [0.1, 0.15) is 16.1 Å². The zero-order chi connectivity index (χ0) is 21.3. The summed E-state index contributed by atoms with van der Waals surface area (Å²) in [5.74, 6) is 0.879. The number of aryl methyl sites for hydroxylation is 1. The molecule has 0 aliphatic carbocycles. The van der Waals surface area contributed by atoms with Gasteiger partial charge in [-0.05, 0) is 48.9 Å². The fraction of sp³-hybridized carbons (Fsp3) is 0.136. The van der Waals surface area contributed by atoms with E-state index in [-0.39, 0.29) is 11.6 Å². The molecule has 0 unspecified atom stereocenters. The van der Waals surface area contributed by atoms with Gasteiger partial charge in [0, 0.05) is 28.5 Å². The van der Waals surface area contributed by atoms with Crippen LogP contribution in [0.5, 0.6) is 11.5 Å². The number of methoxy groups -OCH3 is 2. The second kappa shape index (κ2) is 8.04. The Morgan fingerprint density at radius 2 is 1.83 bits per heavy atom. The molecule has 1 N–H and O–H groups in total. The average molecular weight is 423 g/mol. The van der Waals surface area contributed by atoms with Gasteiger partial charge < -0.3 is 14.8 Å². The molecule has 0 fully saturated rings. The first-order valence-corrected chi connectivity index (χ1v) is 9.52. The van der Waals surface area contributed by atoms with Crippen molar-refractivity contribution in [3.63, 3.8) is 0 Å². The molecular weight excluding hydrogens is 404 g/mol. The Balaban J connectivity index is 1.70. The van der Waals surface area contributed by atoms with Crippen molar-refractivity contribution in [1.82, 2.24) is 14.6 Å². The number of hydrogen-bond donors (Lipinski definition) is 1. The Morgan fingerprint density at radius 3 is 2.57 bits per heavy atom. The van der Waals surface area contributed by atoms with E-state index >= 15 is 0 Å². The minimum absolute atomic E-state index is 0.243. The Bertz CT molecular complexity index is 1250. The lowest BCUT2D eigenvalue weighted by atomic mass is 10.1. The standard InChI is InChI=1S/C22H19ClN4O3/c1-13-4-6-15(11-16(13)23)25-22(28)17-12-21-24-9-8-18(27(21)26-17)14-5-7-19(29-2)20(10-14)30-3/h4-12H,1-3H3,(H,25,28). The summed E-state index contributed by atoms with van der Waals surface area (Å²) in [6, 6.07) is 14.4. The van der Waals surface area contributed by atoms with E-state index in [1.54, 1.807) is 43.1 Å². The predicted molar refractivity (Wildman–Crippen MR) is 116 cm³/mol. The zero-order valence-electron chi connectivity index (χ0n) is 16.6. The molecule has 7 nitrogen and oxygen atoms in total. The van der Waals surface area contributed by atoms with Crippen LogP contribution in [0, 0.1) is 6.92 Å². The number of carbonyl (C=O) groups excluding carboxylic acids is 1. The molecule has 0 radical (unpaired) electrons. The number of nitrogens with one attached hydrogen (secondary N) is 1. The smallest absolute Gasteiger partial charge is 0.276 e. The molecule has 152 valence electrons. The first kappa shape index (κ1) is 19.7. The molecule has 0 aliphatic heterocycles. The lowest BCUT2D eigenvalue weighted by Crippen LogP contribution is -2.12. The van der Waals surface area contributed by atoms with Gasteiger partial charge in [0.1, 0.15) is 0 Å². The van der Waals surface area contributed by atoms with Gasteiger partial charge in [-0.1, -0.05) is 17.7 Å². The van der Waals surface area contributed by atoms with E-state index in [0.717, 1.165) is 16.8 Å². The molecule has 4 rings (SSSR count). The zero-order valence-corrected chi connectivity index (χ0v) is 17.4. The summed E-state index contributed by atoms with van der Waals surface area (Å²) in [5, 5.41) is 7.86. The summed E-state index contributed by atoms with van der Waals surface area (Å²) in [4.78, 5) is 17.0. The topological polar surface area (TPSA) is 77.8 Å². The van der Waals surface area contributed by atoms with Crippen molar-refractivity contribution in [2.45, 2.75) is 6.92 Å². The number of ether oxygens (including phenoxy) is 2. The van der Waals surface area contributed by atoms with Crippen molar-refractivity contribution < 1.29 is 14.3 Å². The van der Waals surface area contributed by atoms with Crippen molar-refractivity contribution in [2.75, 3.05) is 19.5 Å². The van der Waals surface area contributed by atoms with Gasteiger partial charge in [-0.2, -0.15) is 5.10 Å². The molecule has 2 aromatic carbocycles. The summed E-state index contributed by atoms with van der Waals surface area (Å²) in [7, 11) is 3.17. The van der Waals surface area contributed by atoms with E-state index in [0.29, 0.717) is 27.9 Å². The molecular formula is C22H19ClN4O3. The van der Waals surface area contributed by atoms with Crippen LogP contribution in [0.25, 0.3) is 16.9 Å². The van der Waals surface area contributed by atoms with Gasteiger partial charge in [0.15, 0.2) is 22.8 Å². The van der Waals surface area contributed by atoms with Crippen LogP contribution in [0.4, 0.5) is 5.69 Å². The summed E-state index contributed by atoms with van der Waals surface area (Å²) in [6.07, 6.45) is 1.67. The number of amides is 1. The molecule has 0 spiro atoms. The second-order valence-electron chi connectivity index (χ2n) is 6.62. The quantitative estimate of drug-likeness (QED) is 0.507. The van der Waals surface area contributed by atoms with Gasteiger partial charge in [-0.3, -0.25) is 4.79 Å². The van der Waals surface area contributed by atoms with Crippen LogP contribution in [0.15, 0.2) is 54.7 Å². The summed E-state index contributed by atoms with van der Waals surface area (Å²) >= 11 is 6.14. The summed E-state index contributed by atoms with van der Waals surface area (Å²) < 4.78 is 12.3. The third kappa shape index (κ3) is 3.67. The lowest BCUT2D eigenvalue weighted by molar-refractivity contribution is 0.102. The van der Waals surface area contributed by atoms with Crippen LogP contribution >= 0.6 is 11.6 Å². The summed E-state index contributed by atoms with van der Waals surface area (Å²) in [5.41, 5.74) is 3.94. The number of hydrogen-bond acceptors (Lipinski definition) is 5. The molecule has 2 heterocycles. The lowest BCUT2D eigenvalue weighted by Gasteiger charge is -2.10. The Labute approximate surface area is 178 Å². The van der Waals surface area contributed by atoms with Crippen molar-refractivity contribution in [3.8, 4) is 22.8 Å². The van der Waals surface area contributed by atoms with Gasteiger partial charge in [0.05, 0.1) is 19.9 Å². The van der Waals surface area contributed by atoms with Crippen LogP contribution in [0.3, 0.4) is 0 Å². The molecule has 30 heavy (non-hydrogen) atoms. The first-order valence-electron chi connectivity index (χ1n) is 9.15. The van der Waals surface area contributed by atoms with E-state index < -0.39 is 0 Å². The van der Waals surface area contributed by atoms with Crippen LogP contribution < -0.4 is 14.8 Å². The molecule has 2 aromatic heterocycles. The Hall–Kier alpha value is -3.58. The maximum Gasteiger partial charge on any atom is 0.276 e. The van der Waals surface area contributed by atoms with Crippen molar-refractivity contribution in [3.05, 3.63) is 71.0 Å². The van der Waals surface area contributed by atoms with Gasteiger partial charge in [-0.25, -0.2) is 9.50 Å². The van der Waals surface area contributed by atoms with Crippen molar-refractivity contribution in [2.24, 2.45) is 0 Å². The highest BCUT2D eigenvalue weighted by Crippen LogP contribution is 2.32. The Kier molecular flexibility index (Phi) is 5.29. The maximum atomic E-state index is 12.7. The number of carbonyl (C=O) groups is 1. The highest BCUT2D eigenvalue weighted by atomic mass is 35.5. The molecule has 0 aliphatic rings. The molecule has 0 atom stereocenters. The SMILES string of the molecule is COc1ccc(-c2ccnc3cc(C(=O)Nc4ccc(C)c(Cl)c4)nn23)cc1OC. The Morgan fingerprint density at radius 1 is 1.03 bits per heavy atom. The number of aromatic nitrogens is 3. The fourth-order valence-corrected chi connectivity index (χ4v) is 3.27. The number of rotatable bonds is 5.